The third kappa shape index (κ3) is 4.21. The number of halogens is 3. The summed E-state index contributed by atoms with van der Waals surface area (Å²) in [6, 6.07) is 4.90. The van der Waals surface area contributed by atoms with Crippen LogP contribution in [0.1, 0.15) is 11.1 Å². The van der Waals surface area contributed by atoms with Crippen LogP contribution in [0.3, 0.4) is 0 Å². The van der Waals surface area contributed by atoms with Gasteiger partial charge >= 0.3 is 6.18 Å². The summed E-state index contributed by atoms with van der Waals surface area (Å²) in [5, 5.41) is 5.72. The highest BCUT2D eigenvalue weighted by atomic mass is 32.1. The van der Waals surface area contributed by atoms with E-state index in [-0.39, 0.29) is 6.04 Å². The van der Waals surface area contributed by atoms with Crippen molar-refractivity contribution in [1.29, 1.82) is 0 Å². The van der Waals surface area contributed by atoms with Gasteiger partial charge in [-0.15, -0.1) is 11.3 Å². The van der Waals surface area contributed by atoms with E-state index in [0.29, 0.717) is 13.0 Å². The number of aromatic nitrogens is 1. The highest BCUT2D eigenvalue weighted by Gasteiger charge is 2.29. The molecule has 0 saturated carbocycles. The van der Waals surface area contributed by atoms with Crippen molar-refractivity contribution in [2.24, 2.45) is 5.73 Å². The number of nitrogens with zero attached hydrogens (tertiary/aromatic N) is 1. The van der Waals surface area contributed by atoms with E-state index in [0.717, 1.165) is 22.8 Å². The average molecular weight is 301 g/mol. The minimum Gasteiger partial charge on any atom is -0.360 e. The first-order valence-electron chi connectivity index (χ1n) is 6.00. The Labute approximate surface area is 118 Å². The number of thiazole rings is 1. The molecule has 2 aromatic rings. The zero-order chi connectivity index (χ0) is 14.6. The topological polar surface area (TPSA) is 50.9 Å². The van der Waals surface area contributed by atoms with Gasteiger partial charge in [0.25, 0.3) is 0 Å². The van der Waals surface area contributed by atoms with Crippen LogP contribution in [-0.4, -0.2) is 17.6 Å². The van der Waals surface area contributed by atoms with Crippen molar-refractivity contribution in [1.82, 2.24) is 4.98 Å². The molecule has 3 nitrogen and oxygen atoms in total. The van der Waals surface area contributed by atoms with E-state index in [1.807, 2.05) is 5.38 Å². The van der Waals surface area contributed by atoms with Gasteiger partial charge in [-0.25, -0.2) is 4.98 Å². The van der Waals surface area contributed by atoms with Crippen LogP contribution in [-0.2, 0) is 12.6 Å². The molecule has 1 aromatic carbocycles. The van der Waals surface area contributed by atoms with E-state index < -0.39 is 11.7 Å². The van der Waals surface area contributed by atoms with Gasteiger partial charge in [0.2, 0.25) is 0 Å². The van der Waals surface area contributed by atoms with E-state index >= 15 is 0 Å². The van der Waals surface area contributed by atoms with Crippen LogP contribution in [0, 0.1) is 0 Å². The van der Waals surface area contributed by atoms with Crippen LogP contribution in [0.4, 0.5) is 18.3 Å². The summed E-state index contributed by atoms with van der Waals surface area (Å²) in [4.78, 5) is 4.06. The van der Waals surface area contributed by atoms with Gasteiger partial charge in [-0.05, 0) is 24.1 Å². The molecule has 1 atom stereocenters. The molecule has 1 heterocycles. The number of nitrogens with two attached hydrogens (primary N) is 1. The van der Waals surface area contributed by atoms with Crippen molar-refractivity contribution in [3.8, 4) is 0 Å². The minimum atomic E-state index is -4.30. The Balaban J connectivity index is 1.86. The molecular weight excluding hydrogens is 287 g/mol. The van der Waals surface area contributed by atoms with Gasteiger partial charge in [0.05, 0.1) is 5.56 Å². The Morgan fingerprint density at radius 1 is 1.25 bits per heavy atom. The predicted molar refractivity (Wildman–Crippen MR) is 73.7 cm³/mol. The zero-order valence-corrected chi connectivity index (χ0v) is 11.3. The molecular formula is C13H14F3N3S. The Morgan fingerprint density at radius 2 is 1.95 bits per heavy atom. The first kappa shape index (κ1) is 14.8. The van der Waals surface area contributed by atoms with Crippen LogP contribution in [0.5, 0.6) is 0 Å². The maximum Gasteiger partial charge on any atom is 0.416 e. The molecule has 20 heavy (non-hydrogen) atoms. The molecule has 0 fully saturated rings. The smallest absolute Gasteiger partial charge is 0.360 e. The Bertz CT molecular complexity index is 523. The number of benzene rings is 1. The maximum absolute atomic E-state index is 12.4. The van der Waals surface area contributed by atoms with Gasteiger partial charge in [-0.2, -0.15) is 13.2 Å². The molecule has 0 aliphatic rings. The van der Waals surface area contributed by atoms with Crippen LogP contribution in [0.25, 0.3) is 0 Å². The molecule has 0 radical (unpaired) electrons. The molecule has 0 aliphatic carbocycles. The highest BCUT2D eigenvalue weighted by Crippen LogP contribution is 2.29. The Hall–Kier alpha value is -1.60. The van der Waals surface area contributed by atoms with Crippen molar-refractivity contribution >= 4 is 16.5 Å². The summed E-state index contributed by atoms with van der Waals surface area (Å²) in [6.07, 6.45) is -2.10. The molecule has 0 bridgehead atoms. The zero-order valence-electron chi connectivity index (χ0n) is 10.5. The lowest BCUT2D eigenvalue weighted by Crippen LogP contribution is -2.31. The number of anilines is 1. The lowest BCUT2D eigenvalue weighted by Gasteiger charge is -2.13. The fraction of sp³-hybridized carbons (Fsp3) is 0.308. The highest BCUT2D eigenvalue weighted by molar-refractivity contribution is 7.13. The summed E-state index contributed by atoms with van der Waals surface area (Å²) in [5.41, 5.74) is 6.08. The van der Waals surface area contributed by atoms with E-state index in [2.05, 4.69) is 10.3 Å². The van der Waals surface area contributed by atoms with Gasteiger partial charge in [-0.3, -0.25) is 0 Å². The molecule has 0 unspecified atom stereocenters. The molecule has 0 saturated heterocycles. The van der Waals surface area contributed by atoms with E-state index in [1.165, 1.54) is 23.5 Å². The normalized spacial score (nSPS) is 13.2. The van der Waals surface area contributed by atoms with E-state index in [9.17, 15) is 13.2 Å². The first-order chi connectivity index (χ1) is 9.45. The van der Waals surface area contributed by atoms with Gasteiger partial charge in [0.1, 0.15) is 0 Å². The molecule has 3 N–H and O–H groups in total. The average Bonchev–Trinajstić information content (AvgIpc) is 2.89. The van der Waals surface area contributed by atoms with Crippen molar-refractivity contribution in [3.63, 3.8) is 0 Å². The number of rotatable bonds is 5. The van der Waals surface area contributed by atoms with Crippen molar-refractivity contribution in [3.05, 3.63) is 47.0 Å². The van der Waals surface area contributed by atoms with Crippen molar-refractivity contribution < 1.29 is 13.2 Å². The number of alkyl halides is 3. The maximum atomic E-state index is 12.4. The third-order valence-electron chi connectivity index (χ3n) is 2.73. The van der Waals surface area contributed by atoms with Crippen LogP contribution in [0.15, 0.2) is 35.8 Å². The Kier molecular flexibility index (Phi) is 4.61. The molecule has 1 aromatic heterocycles. The van der Waals surface area contributed by atoms with Crippen LogP contribution in [0.2, 0.25) is 0 Å². The minimum absolute atomic E-state index is 0.185. The predicted octanol–water partition coefficient (Wildman–Crippen LogP) is 3.14. The molecule has 0 aliphatic heterocycles. The third-order valence-corrected chi connectivity index (χ3v) is 3.46. The quantitative estimate of drug-likeness (QED) is 0.892. The lowest BCUT2D eigenvalue weighted by molar-refractivity contribution is -0.137. The van der Waals surface area contributed by atoms with Crippen molar-refractivity contribution in [2.45, 2.75) is 18.6 Å². The number of hydrogen-bond acceptors (Lipinski definition) is 4. The fourth-order valence-electron chi connectivity index (χ4n) is 1.73. The van der Waals surface area contributed by atoms with Crippen LogP contribution >= 0.6 is 11.3 Å². The molecule has 0 amide bonds. The second-order valence-corrected chi connectivity index (χ2v) is 5.27. The molecule has 0 spiro atoms. The van der Waals surface area contributed by atoms with Gasteiger partial charge in [-0.1, -0.05) is 12.1 Å². The summed E-state index contributed by atoms with van der Waals surface area (Å²) in [7, 11) is 0. The first-order valence-corrected chi connectivity index (χ1v) is 6.88. The molecule has 108 valence electrons. The molecule has 2 rings (SSSR count). The monoisotopic (exact) mass is 301 g/mol. The summed E-state index contributed by atoms with van der Waals surface area (Å²) < 4.78 is 37.3. The summed E-state index contributed by atoms with van der Waals surface area (Å²) >= 11 is 1.47. The summed E-state index contributed by atoms with van der Waals surface area (Å²) in [6.45, 7) is 0.522. The standard InChI is InChI=1S/C13H14F3N3S/c14-13(15,16)10-3-1-9(2-4-10)7-11(17)8-19-12-18-5-6-20-12/h1-6,11H,7-8,17H2,(H,18,19)/t11-/m0/s1. The van der Waals surface area contributed by atoms with Gasteiger partial charge < -0.3 is 11.1 Å². The van der Waals surface area contributed by atoms with Crippen molar-refractivity contribution in [2.75, 3.05) is 11.9 Å². The largest absolute Gasteiger partial charge is 0.416 e. The fourth-order valence-corrected chi connectivity index (χ4v) is 2.27. The second kappa shape index (κ2) is 6.23. The number of nitrogens with one attached hydrogen (secondary N) is 1. The van der Waals surface area contributed by atoms with Gasteiger partial charge in [0.15, 0.2) is 5.13 Å². The summed E-state index contributed by atoms with van der Waals surface area (Å²) in [5.74, 6) is 0. The SMILES string of the molecule is N[C@H](CNc1nccs1)Cc1ccc(C(F)(F)F)cc1. The molecule has 7 heteroatoms. The lowest BCUT2D eigenvalue weighted by atomic mass is 10.0. The number of hydrogen-bond donors (Lipinski definition) is 2. The van der Waals surface area contributed by atoms with E-state index in [1.54, 1.807) is 6.20 Å². The second-order valence-electron chi connectivity index (χ2n) is 4.38. The van der Waals surface area contributed by atoms with E-state index in [4.69, 9.17) is 5.73 Å². The van der Waals surface area contributed by atoms with Crippen LogP contribution < -0.4 is 11.1 Å². The Morgan fingerprint density at radius 3 is 2.50 bits per heavy atom. The van der Waals surface area contributed by atoms with Gasteiger partial charge in [0, 0.05) is 24.2 Å².